The molecule has 0 bridgehead atoms. The molecule has 0 saturated heterocycles. The van der Waals surface area contributed by atoms with Gasteiger partial charge in [-0.3, -0.25) is 0 Å². The fourth-order valence-electron chi connectivity index (χ4n) is 3.62. The van der Waals surface area contributed by atoms with Crippen LogP contribution in [0.3, 0.4) is 0 Å². The Morgan fingerprint density at radius 2 is 1.70 bits per heavy atom. The molecule has 2 aromatic rings. The standard InChI is InChI=1S/C19H25N/c20-19(14-13-15-7-2-1-3-8-15)18-12-6-10-16-9-4-5-11-17(16)18/h4-6,9-12,15,19H,1-3,7-8,13-14,20H2. The highest BCUT2D eigenvalue weighted by Crippen LogP contribution is 2.31. The molecule has 2 aromatic carbocycles. The second-order valence-electron chi connectivity index (χ2n) is 6.26. The van der Waals surface area contributed by atoms with Crippen LogP contribution in [0.15, 0.2) is 42.5 Å². The van der Waals surface area contributed by atoms with E-state index in [1.54, 1.807) is 0 Å². The summed E-state index contributed by atoms with van der Waals surface area (Å²) in [7, 11) is 0. The van der Waals surface area contributed by atoms with Gasteiger partial charge < -0.3 is 5.73 Å². The van der Waals surface area contributed by atoms with Gasteiger partial charge in [0.15, 0.2) is 0 Å². The van der Waals surface area contributed by atoms with Crippen molar-refractivity contribution in [2.75, 3.05) is 0 Å². The predicted octanol–water partition coefficient (Wildman–Crippen LogP) is 5.20. The van der Waals surface area contributed by atoms with E-state index in [0.717, 1.165) is 12.3 Å². The van der Waals surface area contributed by atoms with Gasteiger partial charge in [-0.25, -0.2) is 0 Å². The summed E-state index contributed by atoms with van der Waals surface area (Å²) in [5.74, 6) is 0.921. The van der Waals surface area contributed by atoms with Crippen LogP contribution in [-0.2, 0) is 0 Å². The number of hydrogen-bond donors (Lipinski definition) is 1. The summed E-state index contributed by atoms with van der Waals surface area (Å²) in [4.78, 5) is 0. The van der Waals surface area contributed by atoms with Gasteiger partial charge >= 0.3 is 0 Å². The quantitative estimate of drug-likeness (QED) is 0.809. The first-order valence-corrected chi connectivity index (χ1v) is 8.08. The van der Waals surface area contributed by atoms with Crippen LogP contribution in [0.25, 0.3) is 10.8 Å². The first-order chi connectivity index (χ1) is 9.84. The zero-order chi connectivity index (χ0) is 13.8. The molecule has 0 spiro atoms. The van der Waals surface area contributed by atoms with Gasteiger partial charge in [0.25, 0.3) is 0 Å². The summed E-state index contributed by atoms with van der Waals surface area (Å²) in [6.07, 6.45) is 9.54. The van der Waals surface area contributed by atoms with Crippen molar-refractivity contribution in [3.05, 3.63) is 48.0 Å². The Morgan fingerprint density at radius 3 is 2.55 bits per heavy atom. The molecule has 1 heteroatoms. The van der Waals surface area contributed by atoms with E-state index in [1.807, 2.05) is 0 Å². The Balaban J connectivity index is 1.70. The molecule has 1 atom stereocenters. The van der Waals surface area contributed by atoms with Crippen molar-refractivity contribution in [3.8, 4) is 0 Å². The van der Waals surface area contributed by atoms with Gasteiger partial charge in [0.1, 0.15) is 0 Å². The van der Waals surface area contributed by atoms with Gasteiger partial charge in [0.2, 0.25) is 0 Å². The topological polar surface area (TPSA) is 26.0 Å². The Morgan fingerprint density at radius 1 is 0.950 bits per heavy atom. The molecule has 20 heavy (non-hydrogen) atoms. The van der Waals surface area contributed by atoms with Crippen molar-refractivity contribution in [1.82, 2.24) is 0 Å². The lowest BCUT2D eigenvalue weighted by atomic mass is 9.84. The van der Waals surface area contributed by atoms with E-state index in [9.17, 15) is 0 Å². The van der Waals surface area contributed by atoms with Crippen LogP contribution < -0.4 is 5.73 Å². The van der Waals surface area contributed by atoms with Crippen LogP contribution in [0.4, 0.5) is 0 Å². The van der Waals surface area contributed by atoms with Crippen LogP contribution in [0.2, 0.25) is 0 Å². The summed E-state index contributed by atoms with van der Waals surface area (Å²) >= 11 is 0. The molecule has 3 rings (SSSR count). The molecule has 0 radical (unpaired) electrons. The lowest BCUT2D eigenvalue weighted by Crippen LogP contribution is -2.14. The lowest BCUT2D eigenvalue weighted by Gasteiger charge is -2.23. The van der Waals surface area contributed by atoms with E-state index in [2.05, 4.69) is 42.5 Å². The van der Waals surface area contributed by atoms with Crippen molar-refractivity contribution in [2.45, 2.75) is 51.0 Å². The summed E-state index contributed by atoms with van der Waals surface area (Å²) < 4.78 is 0. The van der Waals surface area contributed by atoms with Crippen LogP contribution in [0.5, 0.6) is 0 Å². The molecule has 0 aliphatic heterocycles. The highest BCUT2D eigenvalue weighted by atomic mass is 14.6. The number of rotatable bonds is 4. The normalized spacial score (nSPS) is 18.2. The van der Waals surface area contributed by atoms with Crippen molar-refractivity contribution in [2.24, 2.45) is 11.7 Å². The second-order valence-corrected chi connectivity index (χ2v) is 6.26. The van der Waals surface area contributed by atoms with E-state index in [0.29, 0.717) is 0 Å². The molecule has 106 valence electrons. The van der Waals surface area contributed by atoms with Crippen molar-refractivity contribution >= 4 is 10.8 Å². The predicted molar refractivity (Wildman–Crippen MR) is 86.7 cm³/mol. The molecular formula is C19H25N. The molecule has 0 aromatic heterocycles. The molecule has 1 nitrogen and oxygen atoms in total. The molecule has 1 fully saturated rings. The van der Waals surface area contributed by atoms with E-state index < -0.39 is 0 Å². The first-order valence-electron chi connectivity index (χ1n) is 8.08. The van der Waals surface area contributed by atoms with Crippen molar-refractivity contribution in [3.63, 3.8) is 0 Å². The van der Waals surface area contributed by atoms with E-state index >= 15 is 0 Å². The average molecular weight is 267 g/mol. The van der Waals surface area contributed by atoms with Crippen LogP contribution in [-0.4, -0.2) is 0 Å². The maximum absolute atomic E-state index is 6.48. The zero-order valence-corrected chi connectivity index (χ0v) is 12.2. The Bertz CT molecular complexity index is 549. The third-order valence-electron chi connectivity index (χ3n) is 4.83. The average Bonchev–Trinajstić information content (AvgIpc) is 2.53. The van der Waals surface area contributed by atoms with Crippen molar-refractivity contribution < 1.29 is 0 Å². The minimum atomic E-state index is 0.183. The van der Waals surface area contributed by atoms with E-state index in [4.69, 9.17) is 5.73 Å². The minimum absolute atomic E-state index is 0.183. The largest absolute Gasteiger partial charge is 0.324 e. The van der Waals surface area contributed by atoms with Gasteiger partial charge in [-0.15, -0.1) is 0 Å². The summed E-state index contributed by atoms with van der Waals surface area (Å²) in [5, 5.41) is 2.63. The monoisotopic (exact) mass is 267 g/mol. The van der Waals surface area contributed by atoms with Gasteiger partial charge in [0.05, 0.1) is 0 Å². The molecule has 1 aliphatic rings. The number of fused-ring (bicyclic) bond motifs is 1. The van der Waals surface area contributed by atoms with Crippen LogP contribution in [0, 0.1) is 5.92 Å². The zero-order valence-electron chi connectivity index (χ0n) is 12.2. The smallest absolute Gasteiger partial charge is 0.0301 e. The van der Waals surface area contributed by atoms with E-state index in [1.165, 1.54) is 54.9 Å². The SMILES string of the molecule is NC(CCC1CCCCC1)c1cccc2ccccc12. The summed E-state index contributed by atoms with van der Waals surface area (Å²) in [6.45, 7) is 0. The third-order valence-corrected chi connectivity index (χ3v) is 4.83. The first kappa shape index (κ1) is 13.6. The third kappa shape index (κ3) is 3.04. The Labute approximate surface area is 122 Å². The molecular weight excluding hydrogens is 242 g/mol. The number of nitrogens with two attached hydrogens (primary N) is 1. The van der Waals surface area contributed by atoms with Crippen LogP contribution >= 0.6 is 0 Å². The molecule has 1 aliphatic carbocycles. The maximum atomic E-state index is 6.48. The molecule has 1 saturated carbocycles. The molecule has 0 amide bonds. The number of benzene rings is 2. The van der Waals surface area contributed by atoms with E-state index in [-0.39, 0.29) is 6.04 Å². The fraction of sp³-hybridized carbons (Fsp3) is 0.474. The lowest BCUT2D eigenvalue weighted by molar-refractivity contribution is 0.324. The minimum Gasteiger partial charge on any atom is -0.324 e. The molecule has 2 N–H and O–H groups in total. The van der Waals surface area contributed by atoms with Crippen LogP contribution in [0.1, 0.15) is 56.6 Å². The molecule has 0 heterocycles. The Kier molecular flexibility index (Phi) is 4.37. The molecule has 1 unspecified atom stereocenters. The van der Waals surface area contributed by atoms with Crippen molar-refractivity contribution in [1.29, 1.82) is 0 Å². The maximum Gasteiger partial charge on any atom is 0.0301 e. The van der Waals surface area contributed by atoms with Gasteiger partial charge in [-0.2, -0.15) is 0 Å². The highest BCUT2D eigenvalue weighted by molar-refractivity contribution is 5.86. The summed E-state index contributed by atoms with van der Waals surface area (Å²) in [6, 6.07) is 15.3. The van der Waals surface area contributed by atoms with Gasteiger partial charge in [-0.05, 0) is 35.1 Å². The fourth-order valence-corrected chi connectivity index (χ4v) is 3.62. The second kappa shape index (κ2) is 6.41. The Hall–Kier alpha value is -1.34. The summed E-state index contributed by atoms with van der Waals surface area (Å²) in [5.41, 5.74) is 7.80. The van der Waals surface area contributed by atoms with Gasteiger partial charge in [-0.1, -0.05) is 74.6 Å². The number of hydrogen-bond acceptors (Lipinski definition) is 1. The van der Waals surface area contributed by atoms with Gasteiger partial charge in [0, 0.05) is 6.04 Å². The highest BCUT2D eigenvalue weighted by Gasteiger charge is 2.16.